The van der Waals surface area contributed by atoms with Gasteiger partial charge in [-0.2, -0.15) is 5.10 Å². The fourth-order valence-electron chi connectivity index (χ4n) is 3.08. The first kappa shape index (κ1) is 28.8. The van der Waals surface area contributed by atoms with Gasteiger partial charge in [-0.25, -0.2) is 5.84 Å². The Morgan fingerprint density at radius 2 is 1.79 bits per heavy atom. The second kappa shape index (κ2) is 14.8. The maximum Gasteiger partial charge on any atom is 0.299 e. The average Bonchev–Trinajstić information content (AvgIpc) is 2.81. The largest absolute Gasteiger partial charge is 0.320 e. The summed E-state index contributed by atoms with van der Waals surface area (Å²) in [4.78, 5) is 36.4. The molecule has 1 rings (SSSR count). The number of nitro groups is 2. The van der Waals surface area contributed by atoms with Crippen molar-refractivity contribution in [2.75, 3.05) is 25.0 Å². The molecule has 0 aliphatic heterocycles. The van der Waals surface area contributed by atoms with Crippen LogP contribution in [-0.2, 0) is 4.79 Å². The van der Waals surface area contributed by atoms with Crippen molar-refractivity contribution in [2.45, 2.75) is 46.5 Å². The van der Waals surface area contributed by atoms with E-state index in [2.05, 4.69) is 40.0 Å². The van der Waals surface area contributed by atoms with Crippen LogP contribution in [0.4, 0.5) is 17.1 Å². The number of nitrogens with two attached hydrogens (primary N) is 1. The summed E-state index contributed by atoms with van der Waals surface area (Å²) in [6.07, 6.45) is 3.86. The molecule has 13 nitrogen and oxygen atoms in total. The molecule has 0 spiro atoms. The summed E-state index contributed by atoms with van der Waals surface area (Å²) in [6.45, 7) is 7.67. The zero-order chi connectivity index (χ0) is 25.7. The Morgan fingerprint density at radius 3 is 2.29 bits per heavy atom. The number of nitrogens with one attached hydrogen (secondary N) is 3. The van der Waals surface area contributed by atoms with Gasteiger partial charge in [-0.05, 0) is 51.1 Å². The number of carbonyl (C=O) groups excluding carboxylic acids is 1. The highest BCUT2D eigenvalue weighted by atomic mass is 32.1. The zero-order valence-corrected chi connectivity index (χ0v) is 20.4. The molecule has 0 aromatic heterocycles. The van der Waals surface area contributed by atoms with Crippen LogP contribution in [0.15, 0.2) is 23.3 Å². The Balaban J connectivity index is 3.26. The van der Waals surface area contributed by atoms with Crippen molar-refractivity contribution < 1.29 is 14.6 Å². The summed E-state index contributed by atoms with van der Waals surface area (Å²) >= 11 is 4.92. The van der Waals surface area contributed by atoms with E-state index in [1.807, 2.05) is 0 Å². The van der Waals surface area contributed by atoms with Crippen molar-refractivity contribution in [3.63, 3.8) is 0 Å². The van der Waals surface area contributed by atoms with Crippen LogP contribution >= 0.6 is 12.2 Å². The molecule has 0 aliphatic carbocycles. The van der Waals surface area contributed by atoms with Crippen LogP contribution in [0.3, 0.4) is 0 Å². The summed E-state index contributed by atoms with van der Waals surface area (Å²) in [6, 6.07) is 3.06. The first-order chi connectivity index (χ1) is 16.1. The molecule has 1 amide bonds. The molecule has 1 atom stereocenters. The molecule has 0 saturated heterocycles. The first-order valence-corrected chi connectivity index (χ1v) is 11.3. The number of hydrogen-bond acceptors (Lipinski definition) is 9. The van der Waals surface area contributed by atoms with Gasteiger partial charge in [0.2, 0.25) is 11.0 Å². The number of carbonyl (C=O) groups is 1. The van der Waals surface area contributed by atoms with Crippen LogP contribution in [0.1, 0.15) is 46.5 Å². The number of thiocarbonyl (C=S) groups is 1. The fourth-order valence-corrected chi connectivity index (χ4v) is 3.13. The molecule has 1 aromatic carbocycles. The minimum Gasteiger partial charge on any atom is -0.320 e. The summed E-state index contributed by atoms with van der Waals surface area (Å²) in [5.41, 5.74) is 4.00. The maximum atomic E-state index is 13.3. The van der Waals surface area contributed by atoms with Crippen LogP contribution in [0.25, 0.3) is 0 Å². The van der Waals surface area contributed by atoms with Gasteiger partial charge in [0.1, 0.15) is 5.69 Å². The van der Waals surface area contributed by atoms with E-state index in [1.54, 1.807) is 6.92 Å². The zero-order valence-electron chi connectivity index (χ0n) is 19.6. The molecule has 188 valence electrons. The highest BCUT2D eigenvalue weighted by Gasteiger charge is 2.28. The number of non-ortho nitro benzene ring substituents is 1. The molecule has 1 aromatic rings. The Hall–Kier alpha value is -3.23. The minimum absolute atomic E-state index is 0.0540. The van der Waals surface area contributed by atoms with E-state index in [0.29, 0.717) is 12.3 Å². The van der Waals surface area contributed by atoms with Crippen molar-refractivity contribution in [1.82, 2.24) is 15.8 Å². The van der Waals surface area contributed by atoms with Crippen molar-refractivity contribution in [3.8, 4) is 0 Å². The lowest BCUT2D eigenvalue weighted by Crippen LogP contribution is -2.42. The first-order valence-electron chi connectivity index (χ1n) is 10.9. The summed E-state index contributed by atoms with van der Waals surface area (Å²) < 4.78 is 0. The molecule has 0 heterocycles. The molecule has 0 unspecified atom stereocenters. The van der Waals surface area contributed by atoms with Crippen LogP contribution in [0, 0.1) is 26.1 Å². The third-order valence-electron chi connectivity index (χ3n) is 5.03. The molecule has 0 radical (unpaired) electrons. The number of amides is 1. The Morgan fingerprint density at radius 1 is 1.18 bits per heavy atom. The van der Waals surface area contributed by atoms with Crippen LogP contribution < -0.4 is 22.0 Å². The minimum atomic E-state index is -0.781. The van der Waals surface area contributed by atoms with E-state index in [0.717, 1.165) is 57.0 Å². The number of rotatable bonds is 14. The molecule has 34 heavy (non-hydrogen) atoms. The normalized spacial score (nSPS) is 12.2. The van der Waals surface area contributed by atoms with Crippen molar-refractivity contribution in [3.05, 3.63) is 38.4 Å². The van der Waals surface area contributed by atoms with E-state index in [4.69, 9.17) is 18.1 Å². The van der Waals surface area contributed by atoms with E-state index >= 15 is 0 Å². The van der Waals surface area contributed by atoms with Crippen LogP contribution in [0.2, 0.25) is 0 Å². The monoisotopic (exact) mass is 496 g/mol. The van der Waals surface area contributed by atoms with Crippen molar-refractivity contribution in [2.24, 2.45) is 16.9 Å². The quantitative estimate of drug-likeness (QED) is 0.0982. The lowest BCUT2D eigenvalue weighted by atomic mass is 10.0. The van der Waals surface area contributed by atoms with Gasteiger partial charge in [-0.15, -0.1) is 0 Å². The Labute approximate surface area is 203 Å². The number of unbranched alkanes of at least 4 members (excludes halogenated alkanes) is 2. The molecular weight excluding hydrogens is 464 g/mol. The molecule has 5 N–H and O–H groups in total. The van der Waals surface area contributed by atoms with Crippen LogP contribution in [-0.4, -0.2) is 51.1 Å². The average molecular weight is 497 g/mol. The number of nitrogens with zero attached hydrogens (tertiary/aromatic N) is 4. The number of hydrazone groups is 1. The predicted octanol–water partition coefficient (Wildman–Crippen LogP) is 2.67. The third-order valence-corrected chi connectivity index (χ3v) is 5.24. The van der Waals surface area contributed by atoms with Crippen molar-refractivity contribution >= 4 is 46.0 Å². The summed E-state index contributed by atoms with van der Waals surface area (Å²) in [7, 11) is 0. The van der Waals surface area contributed by atoms with E-state index in [-0.39, 0.29) is 10.8 Å². The van der Waals surface area contributed by atoms with Gasteiger partial charge in [0.25, 0.3) is 11.4 Å². The van der Waals surface area contributed by atoms with Crippen LogP contribution in [0.5, 0.6) is 0 Å². The summed E-state index contributed by atoms with van der Waals surface area (Å²) in [5, 5.41) is 29.2. The molecular formula is C20H32N8O5S. The number of hydrazine groups is 1. The van der Waals surface area contributed by atoms with E-state index < -0.39 is 33.0 Å². The second-order valence-electron chi connectivity index (χ2n) is 7.60. The second-order valence-corrected chi connectivity index (χ2v) is 8.01. The molecule has 0 aliphatic rings. The molecule has 0 saturated carbocycles. The predicted molar refractivity (Wildman–Crippen MR) is 134 cm³/mol. The van der Waals surface area contributed by atoms with Gasteiger partial charge in [0.15, 0.2) is 0 Å². The highest BCUT2D eigenvalue weighted by Crippen LogP contribution is 2.29. The Bertz CT molecular complexity index is 903. The SMILES string of the molecule is CCCCN(CCCC)C[C@@H](C(=O)Nc1ccc([N+](=O)[O-])cc1[N+](=O)[O-])/C(C)=N\NC(=S)NN. The fraction of sp³-hybridized carbons (Fsp3) is 0.550. The van der Waals surface area contributed by atoms with Gasteiger partial charge in [0, 0.05) is 18.3 Å². The van der Waals surface area contributed by atoms with Gasteiger partial charge >= 0.3 is 0 Å². The summed E-state index contributed by atoms with van der Waals surface area (Å²) in [5.74, 6) is 3.92. The number of benzene rings is 1. The van der Waals surface area contributed by atoms with E-state index in [9.17, 15) is 25.0 Å². The topological polar surface area (TPSA) is 181 Å². The lowest BCUT2D eigenvalue weighted by molar-refractivity contribution is -0.393. The molecule has 0 fully saturated rings. The molecule has 14 heteroatoms. The third kappa shape index (κ3) is 9.33. The van der Waals surface area contributed by atoms with Gasteiger partial charge in [-0.3, -0.25) is 35.9 Å². The highest BCUT2D eigenvalue weighted by molar-refractivity contribution is 7.80. The Kier molecular flexibility index (Phi) is 12.6. The van der Waals surface area contributed by atoms with Crippen molar-refractivity contribution in [1.29, 1.82) is 0 Å². The molecule has 0 bridgehead atoms. The van der Waals surface area contributed by atoms with Gasteiger partial charge < -0.3 is 10.2 Å². The van der Waals surface area contributed by atoms with Gasteiger partial charge in [0.05, 0.1) is 21.8 Å². The number of anilines is 1. The lowest BCUT2D eigenvalue weighted by Gasteiger charge is -2.27. The maximum absolute atomic E-state index is 13.3. The number of nitro benzene ring substituents is 2. The standard InChI is InChI=1S/C20H32N8O5S/c1-4-6-10-26(11-7-5-2)13-16(14(3)24-25-20(34)23-21)19(29)22-17-9-8-15(27(30)31)12-18(17)28(32)33/h8-9,12,16H,4-7,10-11,13,21H2,1-3H3,(H,22,29)(H2,23,25,34)/b24-14-/t16-/m1/s1. The smallest absolute Gasteiger partial charge is 0.299 e. The number of hydrogen-bond donors (Lipinski definition) is 4. The van der Waals surface area contributed by atoms with Gasteiger partial charge in [-0.1, -0.05) is 26.7 Å². The van der Waals surface area contributed by atoms with E-state index in [1.165, 1.54) is 0 Å².